The molecule has 41 heavy (non-hydrogen) atoms. The van der Waals surface area contributed by atoms with Gasteiger partial charge in [0.25, 0.3) is 0 Å². The van der Waals surface area contributed by atoms with E-state index >= 15 is 0 Å². The summed E-state index contributed by atoms with van der Waals surface area (Å²) in [6.45, 7) is 4.26. The largest absolute Gasteiger partial charge is 0.457 e. The van der Waals surface area contributed by atoms with Crippen molar-refractivity contribution in [2.24, 2.45) is 0 Å². The Bertz CT molecular complexity index is 2260. The molecule has 5 heteroatoms. The van der Waals surface area contributed by atoms with Crippen molar-refractivity contribution in [2.45, 2.75) is 13.8 Å². The lowest BCUT2D eigenvalue weighted by molar-refractivity contribution is 0.484. The van der Waals surface area contributed by atoms with Crippen LogP contribution in [0, 0.1) is 13.8 Å². The Morgan fingerprint density at radius 3 is 1.95 bits per heavy atom. The topological polar surface area (TPSA) is 44.9 Å². The van der Waals surface area contributed by atoms with Gasteiger partial charge in [0.1, 0.15) is 23.1 Å². The quantitative estimate of drug-likeness (QED) is 0.228. The van der Waals surface area contributed by atoms with Gasteiger partial charge in [-0.3, -0.25) is 9.13 Å². The van der Waals surface area contributed by atoms with Gasteiger partial charge in [-0.2, -0.15) is 0 Å². The molecule has 0 aliphatic heterocycles. The van der Waals surface area contributed by atoms with Crippen molar-refractivity contribution >= 4 is 43.6 Å². The maximum atomic E-state index is 6.56. The number of aryl methyl sites for hydroxylation is 2. The van der Waals surface area contributed by atoms with E-state index in [1.54, 1.807) is 0 Å². The molecule has 196 valence electrons. The van der Waals surface area contributed by atoms with Gasteiger partial charge in [0.15, 0.2) is 0 Å². The van der Waals surface area contributed by atoms with Crippen molar-refractivity contribution in [3.63, 3.8) is 0 Å². The van der Waals surface area contributed by atoms with Crippen molar-refractivity contribution < 1.29 is 4.74 Å². The van der Waals surface area contributed by atoms with E-state index in [2.05, 4.69) is 107 Å². The number of hydrogen-bond donors (Lipinski definition) is 0. The van der Waals surface area contributed by atoms with Crippen LogP contribution in [0.25, 0.3) is 55.2 Å². The Kier molecular flexibility index (Phi) is 5.19. The highest BCUT2D eigenvalue weighted by Crippen LogP contribution is 2.38. The first-order valence-corrected chi connectivity index (χ1v) is 13.8. The second-order valence-corrected chi connectivity index (χ2v) is 10.5. The fourth-order valence-corrected chi connectivity index (χ4v) is 6.10. The summed E-state index contributed by atoms with van der Waals surface area (Å²) in [7, 11) is 0. The number of ether oxygens (including phenoxy) is 1. The zero-order chi connectivity index (χ0) is 27.5. The molecule has 0 unspecified atom stereocenters. The van der Waals surface area contributed by atoms with Crippen molar-refractivity contribution in [1.82, 2.24) is 19.1 Å². The summed E-state index contributed by atoms with van der Waals surface area (Å²) in [6, 6.07) is 37.6. The number of para-hydroxylation sites is 2. The van der Waals surface area contributed by atoms with Gasteiger partial charge in [-0.25, -0.2) is 9.97 Å². The number of pyridine rings is 2. The van der Waals surface area contributed by atoms with Crippen LogP contribution in [-0.2, 0) is 0 Å². The van der Waals surface area contributed by atoms with Gasteiger partial charge in [-0.15, -0.1) is 0 Å². The Balaban J connectivity index is 1.31. The van der Waals surface area contributed by atoms with E-state index in [0.717, 1.165) is 50.6 Å². The smallest absolute Gasteiger partial charge is 0.140 e. The number of nitrogens with zero attached hydrogens (tertiary/aromatic N) is 4. The molecule has 0 saturated carbocycles. The van der Waals surface area contributed by atoms with Gasteiger partial charge in [0, 0.05) is 46.1 Å². The lowest BCUT2D eigenvalue weighted by Crippen LogP contribution is -2.01. The van der Waals surface area contributed by atoms with Crippen molar-refractivity contribution in [2.75, 3.05) is 0 Å². The molecule has 0 fully saturated rings. The molecule has 0 aliphatic carbocycles. The summed E-state index contributed by atoms with van der Waals surface area (Å²) >= 11 is 0. The third kappa shape index (κ3) is 3.63. The Morgan fingerprint density at radius 1 is 0.512 bits per heavy atom. The molecule has 0 radical (unpaired) electrons. The van der Waals surface area contributed by atoms with Crippen LogP contribution < -0.4 is 4.74 Å². The first-order valence-electron chi connectivity index (χ1n) is 13.8. The van der Waals surface area contributed by atoms with E-state index in [9.17, 15) is 0 Å². The average Bonchev–Trinajstić information content (AvgIpc) is 3.51. The zero-order valence-corrected chi connectivity index (χ0v) is 22.7. The molecule has 8 aromatic rings. The van der Waals surface area contributed by atoms with Crippen molar-refractivity contribution in [1.29, 1.82) is 0 Å². The van der Waals surface area contributed by atoms with Crippen LogP contribution in [-0.4, -0.2) is 19.1 Å². The lowest BCUT2D eigenvalue weighted by Gasteiger charge is -2.12. The summed E-state index contributed by atoms with van der Waals surface area (Å²) < 4.78 is 11.0. The van der Waals surface area contributed by atoms with Crippen LogP contribution in [0.2, 0.25) is 0 Å². The van der Waals surface area contributed by atoms with Crippen molar-refractivity contribution in [3.8, 4) is 23.1 Å². The average molecular weight is 531 g/mol. The summed E-state index contributed by atoms with van der Waals surface area (Å²) in [6.07, 6.45) is 3.68. The molecule has 0 aliphatic rings. The molecular weight excluding hydrogens is 504 g/mol. The first kappa shape index (κ1) is 23.5. The maximum absolute atomic E-state index is 6.56. The highest BCUT2D eigenvalue weighted by atomic mass is 16.5. The fourth-order valence-electron chi connectivity index (χ4n) is 6.10. The molecule has 0 N–H and O–H groups in total. The van der Waals surface area contributed by atoms with E-state index in [1.165, 1.54) is 27.2 Å². The summed E-state index contributed by atoms with van der Waals surface area (Å²) in [5, 5.41) is 4.73. The second-order valence-electron chi connectivity index (χ2n) is 10.5. The molecule has 0 atom stereocenters. The number of benzene rings is 4. The standard InChI is InChI=1S/C36H26N4O/c1-23-9-7-12-30-29-18-16-26(22-33(29)40(35(23)30)36-24(2)10-8-20-38-36)41-25-15-17-28-27-11-3-4-13-31(27)39(32(28)21-25)34-14-5-6-19-37-34/h3-22H,1-2H3. The van der Waals surface area contributed by atoms with Crippen LogP contribution in [0.3, 0.4) is 0 Å². The van der Waals surface area contributed by atoms with Gasteiger partial charge < -0.3 is 4.74 Å². The molecule has 0 amide bonds. The van der Waals surface area contributed by atoms with Crippen LogP contribution in [0.1, 0.15) is 11.1 Å². The Labute approximate surface area is 236 Å². The molecule has 4 aromatic carbocycles. The van der Waals surface area contributed by atoms with Gasteiger partial charge in [0.2, 0.25) is 0 Å². The molecule has 4 aromatic heterocycles. The monoisotopic (exact) mass is 530 g/mol. The molecular formula is C36H26N4O. The number of aromatic nitrogens is 4. The van der Waals surface area contributed by atoms with Gasteiger partial charge >= 0.3 is 0 Å². The number of fused-ring (bicyclic) bond motifs is 6. The van der Waals surface area contributed by atoms with Crippen LogP contribution in [0.15, 0.2) is 122 Å². The summed E-state index contributed by atoms with van der Waals surface area (Å²) in [5.74, 6) is 3.35. The minimum absolute atomic E-state index is 0.768. The predicted molar refractivity (Wildman–Crippen MR) is 167 cm³/mol. The van der Waals surface area contributed by atoms with E-state index in [-0.39, 0.29) is 0 Å². The number of hydrogen-bond acceptors (Lipinski definition) is 3. The molecule has 0 saturated heterocycles. The highest BCUT2D eigenvalue weighted by Gasteiger charge is 2.18. The van der Waals surface area contributed by atoms with Crippen LogP contribution in [0.4, 0.5) is 0 Å². The van der Waals surface area contributed by atoms with E-state index in [4.69, 9.17) is 9.72 Å². The minimum atomic E-state index is 0.768. The lowest BCUT2D eigenvalue weighted by atomic mass is 10.1. The molecule has 8 rings (SSSR count). The second kappa shape index (κ2) is 9.07. The third-order valence-electron chi connectivity index (χ3n) is 7.91. The Hall–Kier alpha value is -5.42. The van der Waals surface area contributed by atoms with Gasteiger partial charge in [-0.05, 0) is 73.5 Å². The van der Waals surface area contributed by atoms with Crippen LogP contribution >= 0.6 is 0 Å². The zero-order valence-electron chi connectivity index (χ0n) is 22.7. The van der Waals surface area contributed by atoms with Crippen LogP contribution in [0.5, 0.6) is 11.5 Å². The van der Waals surface area contributed by atoms with Crippen molar-refractivity contribution in [3.05, 3.63) is 133 Å². The van der Waals surface area contributed by atoms with Gasteiger partial charge in [0.05, 0.1) is 22.1 Å². The molecule has 0 spiro atoms. The maximum Gasteiger partial charge on any atom is 0.140 e. The first-order chi connectivity index (χ1) is 20.2. The summed E-state index contributed by atoms with van der Waals surface area (Å²) in [4.78, 5) is 9.44. The molecule has 4 heterocycles. The molecule has 0 bridgehead atoms. The highest BCUT2D eigenvalue weighted by molar-refractivity contribution is 6.11. The third-order valence-corrected chi connectivity index (χ3v) is 7.91. The Morgan fingerprint density at radius 2 is 1.17 bits per heavy atom. The normalized spacial score (nSPS) is 11.7. The molecule has 5 nitrogen and oxygen atoms in total. The van der Waals surface area contributed by atoms with Gasteiger partial charge in [-0.1, -0.05) is 48.5 Å². The minimum Gasteiger partial charge on any atom is -0.457 e. The van der Waals surface area contributed by atoms with E-state index < -0.39 is 0 Å². The van der Waals surface area contributed by atoms with E-state index in [1.807, 2.05) is 42.7 Å². The van der Waals surface area contributed by atoms with E-state index in [0.29, 0.717) is 0 Å². The fraction of sp³-hybridized carbons (Fsp3) is 0.0556. The SMILES string of the molecule is Cc1cccnc1-n1c2cc(Oc3ccc4c5ccccc5n(-c5ccccn5)c4c3)ccc2c2cccc(C)c21. The summed E-state index contributed by atoms with van der Waals surface area (Å²) in [5.41, 5.74) is 6.73. The predicted octanol–water partition coefficient (Wildman–Crippen LogP) is 9.08. The number of rotatable bonds is 4.